The molecule has 0 aromatic carbocycles. The molecule has 1 fully saturated rings. The van der Waals surface area contributed by atoms with E-state index in [9.17, 15) is 4.39 Å². The molecule has 0 aliphatic carbocycles. The Balaban J connectivity index is 1.30. The van der Waals surface area contributed by atoms with E-state index < -0.39 is 0 Å². The molecule has 0 amide bonds. The molecule has 0 saturated carbocycles. The zero-order valence-electron chi connectivity index (χ0n) is 17.0. The number of fused-ring (bicyclic) bond motifs is 1. The lowest BCUT2D eigenvalue weighted by atomic mass is 10.0. The summed E-state index contributed by atoms with van der Waals surface area (Å²) in [5.74, 6) is -0.311. The van der Waals surface area contributed by atoms with Gasteiger partial charge in [0.2, 0.25) is 0 Å². The average molecular weight is 418 g/mol. The van der Waals surface area contributed by atoms with Gasteiger partial charge in [-0.25, -0.2) is 19.0 Å². The van der Waals surface area contributed by atoms with Crippen molar-refractivity contribution < 1.29 is 4.39 Å². The quantitative estimate of drug-likeness (QED) is 0.518. The molecule has 9 heteroatoms. The number of hydrogen-bond donors (Lipinski definition) is 1. The van der Waals surface area contributed by atoms with Crippen LogP contribution in [0.25, 0.3) is 17.0 Å². The Bertz CT molecular complexity index is 1200. The molecule has 31 heavy (non-hydrogen) atoms. The van der Waals surface area contributed by atoms with Crippen LogP contribution in [-0.2, 0) is 6.54 Å². The molecule has 5 heterocycles. The smallest absolute Gasteiger partial charge is 0.139 e. The first-order valence-electron chi connectivity index (χ1n) is 10.3. The fourth-order valence-corrected chi connectivity index (χ4v) is 4.02. The van der Waals surface area contributed by atoms with Crippen molar-refractivity contribution in [3.63, 3.8) is 0 Å². The number of halogens is 1. The topological polar surface area (TPSA) is 76.2 Å². The SMILES string of the molecule is C=C(Cn1cncn1)N1CCC[C@@H](Nc2ccnc(-c3cnc4ccc(F)cn34)c2)C1. The summed E-state index contributed by atoms with van der Waals surface area (Å²) in [5.41, 5.74) is 4.19. The molecule has 8 nitrogen and oxygen atoms in total. The zero-order chi connectivity index (χ0) is 21.2. The molecule has 5 rings (SSSR count). The highest BCUT2D eigenvalue weighted by Gasteiger charge is 2.21. The summed E-state index contributed by atoms with van der Waals surface area (Å²) < 4.78 is 17.2. The monoisotopic (exact) mass is 418 g/mol. The van der Waals surface area contributed by atoms with Crippen LogP contribution in [0, 0.1) is 5.82 Å². The Hall–Kier alpha value is -3.75. The normalized spacial score (nSPS) is 16.5. The van der Waals surface area contributed by atoms with E-state index in [0.29, 0.717) is 12.2 Å². The minimum Gasteiger partial charge on any atom is -0.380 e. The standard InChI is InChI=1S/C22H23FN8/c1-16(11-30-15-24-14-27-30)29-8-2-3-19(13-29)28-18-6-7-25-20(9-18)21-10-26-22-5-4-17(23)12-31(21)22/h4-7,9-10,12,14-15,19H,1-3,8,11,13H2,(H,25,28)/t19-/m1/s1. The molecule has 1 N–H and O–H groups in total. The van der Waals surface area contributed by atoms with Crippen molar-refractivity contribution in [3.8, 4) is 11.4 Å². The number of pyridine rings is 2. The van der Waals surface area contributed by atoms with Crippen molar-refractivity contribution in [2.45, 2.75) is 25.4 Å². The molecule has 4 aromatic heterocycles. The highest BCUT2D eigenvalue weighted by Crippen LogP contribution is 2.24. The maximum absolute atomic E-state index is 13.7. The fraction of sp³-hybridized carbons (Fsp3) is 0.273. The minimum atomic E-state index is -0.311. The van der Waals surface area contributed by atoms with Crippen molar-refractivity contribution in [2.75, 3.05) is 18.4 Å². The number of anilines is 1. The number of nitrogens with zero attached hydrogens (tertiary/aromatic N) is 7. The van der Waals surface area contributed by atoms with E-state index >= 15 is 0 Å². The third-order valence-electron chi connectivity index (χ3n) is 5.54. The van der Waals surface area contributed by atoms with E-state index in [0.717, 1.165) is 48.7 Å². The van der Waals surface area contributed by atoms with Crippen LogP contribution in [0.4, 0.5) is 10.1 Å². The number of piperidine rings is 1. The zero-order valence-corrected chi connectivity index (χ0v) is 17.0. The van der Waals surface area contributed by atoms with Crippen LogP contribution in [0.15, 0.2) is 67.8 Å². The molecule has 1 saturated heterocycles. The van der Waals surface area contributed by atoms with E-state index in [1.54, 1.807) is 33.9 Å². The van der Waals surface area contributed by atoms with Crippen LogP contribution in [-0.4, -0.2) is 53.2 Å². The van der Waals surface area contributed by atoms with Crippen LogP contribution in [0.3, 0.4) is 0 Å². The van der Waals surface area contributed by atoms with Gasteiger partial charge in [-0.2, -0.15) is 5.10 Å². The number of rotatable bonds is 6. The van der Waals surface area contributed by atoms with E-state index in [1.165, 1.54) is 18.6 Å². The van der Waals surface area contributed by atoms with Crippen molar-refractivity contribution >= 4 is 11.3 Å². The van der Waals surface area contributed by atoms with E-state index in [1.807, 2.05) is 12.1 Å². The number of allylic oxidation sites excluding steroid dienone is 1. The van der Waals surface area contributed by atoms with Gasteiger partial charge in [0.1, 0.15) is 24.1 Å². The lowest BCUT2D eigenvalue weighted by Gasteiger charge is -2.36. The number of nitrogens with one attached hydrogen (secondary N) is 1. The second-order valence-electron chi connectivity index (χ2n) is 7.74. The molecular weight excluding hydrogens is 395 g/mol. The van der Waals surface area contributed by atoms with Crippen LogP contribution in [0.5, 0.6) is 0 Å². The van der Waals surface area contributed by atoms with Gasteiger partial charge in [0.05, 0.1) is 24.1 Å². The molecule has 4 aromatic rings. The highest BCUT2D eigenvalue weighted by atomic mass is 19.1. The first kappa shape index (κ1) is 19.2. The van der Waals surface area contributed by atoms with Crippen molar-refractivity contribution in [2.24, 2.45) is 0 Å². The number of aromatic nitrogens is 6. The Labute approximate surface area is 179 Å². The maximum atomic E-state index is 13.7. The van der Waals surface area contributed by atoms with Gasteiger partial charge in [-0.3, -0.25) is 9.38 Å². The van der Waals surface area contributed by atoms with E-state index in [-0.39, 0.29) is 11.9 Å². The summed E-state index contributed by atoms with van der Waals surface area (Å²) >= 11 is 0. The third-order valence-corrected chi connectivity index (χ3v) is 5.54. The largest absolute Gasteiger partial charge is 0.380 e. The summed E-state index contributed by atoms with van der Waals surface area (Å²) in [4.78, 5) is 15.1. The molecular formula is C22H23FN8. The van der Waals surface area contributed by atoms with Gasteiger partial charge >= 0.3 is 0 Å². The lowest BCUT2D eigenvalue weighted by Crippen LogP contribution is -2.42. The van der Waals surface area contributed by atoms with Gasteiger partial charge in [0.15, 0.2) is 0 Å². The average Bonchev–Trinajstić information content (AvgIpc) is 3.43. The fourth-order valence-electron chi connectivity index (χ4n) is 4.02. The summed E-state index contributed by atoms with van der Waals surface area (Å²) in [6.45, 7) is 6.73. The lowest BCUT2D eigenvalue weighted by molar-refractivity contribution is 0.256. The summed E-state index contributed by atoms with van der Waals surface area (Å²) in [5, 5.41) is 7.79. The van der Waals surface area contributed by atoms with Gasteiger partial charge in [-0.1, -0.05) is 6.58 Å². The molecule has 0 unspecified atom stereocenters. The Kier molecular flexibility index (Phi) is 5.07. The van der Waals surface area contributed by atoms with Crippen molar-refractivity contribution in [1.82, 2.24) is 34.0 Å². The Morgan fingerprint density at radius 2 is 2.19 bits per heavy atom. The second kappa shape index (κ2) is 8.17. The molecule has 1 aliphatic heterocycles. The van der Waals surface area contributed by atoms with Gasteiger partial charge in [-0.15, -0.1) is 0 Å². The van der Waals surface area contributed by atoms with Crippen LogP contribution < -0.4 is 5.32 Å². The van der Waals surface area contributed by atoms with E-state index in [2.05, 4.69) is 36.8 Å². The summed E-state index contributed by atoms with van der Waals surface area (Å²) in [6.07, 6.45) is 10.3. The highest BCUT2D eigenvalue weighted by molar-refractivity contribution is 5.64. The van der Waals surface area contributed by atoms with Gasteiger partial charge in [0, 0.05) is 42.9 Å². The maximum Gasteiger partial charge on any atom is 0.139 e. The predicted molar refractivity (Wildman–Crippen MR) is 116 cm³/mol. The molecule has 158 valence electrons. The number of likely N-dealkylation sites (tertiary alicyclic amines) is 1. The van der Waals surface area contributed by atoms with Gasteiger partial charge in [-0.05, 0) is 37.1 Å². The first-order valence-corrected chi connectivity index (χ1v) is 10.3. The molecule has 1 atom stereocenters. The summed E-state index contributed by atoms with van der Waals surface area (Å²) in [6, 6.07) is 7.29. The summed E-state index contributed by atoms with van der Waals surface area (Å²) in [7, 11) is 0. The van der Waals surface area contributed by atoms with E-state index in [4.69, 9.17) is 0 Å². The second-order valence-corrected chi connectivity index (χ2v) is 7.74. The number of imidazole rings is 1. The third kappa shape index (κ3) is 4.11. The molecule has 1 aliphatic rings. The van der Waals surface area contributed by atoms with Crippen molar-refractivity contribution in [3.05, 3.63) is 73.6 Å². The Morgan fingerprint density at radius 3 is 3.06 bits per heavy atom. The molecule has 0 spiro atoms. The molecule has 0 radical (unpaired) electrons. The predicted octanol–water partition coefficient (Wildman–Crippen LogP) is 3.22. The van der Waals surface area contributed by atoms with Gasteiger partial charge in [0.25, 0.3) is 0 Å². The van der Waals surface area contributed by atoms with Crippen LogP contribution >= 0.6 is 0 Å². The minimum absolute atomic E-state index is 0.288. The van der Waals surface area contributed by atoms with Crippen molar-refractivity contribution in [1.29, 1.82) is 0 Å². The van der Waals surface area contributed by atoms with Gasteiger partial charge < -0.3 is 10.2 Å². The number of hydrogen-bond acceptors (Lipinski definition) is 6. The Morgan fingerprint density at radius 1 is 1.26 bits per heavy atom. The first-order chi connectivity index (χ1) is 15.2. The van der Waals surface area contributed by atoms with Crippen LogP contribution in [0.1, 0.15) is 12.8 Å². The van der Waals surface area contributed by atoms with Crippen LogP contribution in [0.2, 0.25) is 0 Å². The molecule has 0 bridgehead atoms.